The van der Waals surface area contributed by atoms with Gasteiger partial charge in [-0.15, -0.1) is 0 Å². The Morgan fingerprint density at radius 3 is 2.24 bits per heavy atom. The van der Waals surface area contributed by atoms with Gasteiger partial charge in [0.15, 0.2) is 0 Å². The van der Waals surface area contributed by atoms with E-state index in [0.29, 0.717) is 0 Å². The molecule has 2 rings (SSSR count). The van der Waals surface area contributed by atoms with Gasteiger partial charge in [0, 0.05) is 6.04 Å². The van der Waals surface area contributed by atoms with E-state index in [0.717, 1.165) is 29.7 Å². The zero-order chi connectivity index (χ0) is 15.1. The average Bonchev–Trinajstić information content (AvgIpc) is 2.75. The first kappa shape index (κ1) is 17.3. The van der Waals surface area contributed by atoms with E-state index in [-0.39, 0.29) is 0 Å². The fourth-order valence-corrected chi connectivity index (χ4v) is 4.69. The van der Waals surface area contributed by atoms with Crippen LogP contribution in [0.15, 0.2) is 0 Å². The van der Waals surface area contributed by atoms with Gasteiger partial charge < -0.3 is 5.32 Å². The van der Waals surface area contributed by atoms with Crippen LogP contribution in [-0.4, -0.2) is 12.6 Å². The van der Waals surface area contributed by atoms with Gasteiger partial charge in [0.2, 0.25) is 0 Å². The van der Waals surface area contributed by atoms with Crippen molar-refractivity contribution in [3.63, 3.8) is 0 Å². The molecule has 0 aliphatic heterocycles. The van der Waals surface area contributed by atoms with Crippen molar-refractivity contribution in [1.82, 2.24) is 5.32 Å². The Morgan fingerprint density at radius 2 is 1.62 bits per heavy atom. The molecule has 0 aromatic rings. The summed E-state index contributed by atoms with van der Waals surface area (Å²) in [6.45, 7) is 8.47. The number of hydrogen-bond donors (Lipinski definition) is 1. The number of nitrogens with one attached hydrogen (secondary N) is 1. The van der Waals surface area contributed by atoms with Crippen LogP contribution in [0.4, 0.5) is 0 Å². The number of hydrogen-bond acceptors (Lipinski definition) is 1. The highest BCUT2D eigenvalue weighted by atomic mass is 14.9. The van der Waals surface area contributed by atoms with Gasteiger partial charge >= 0.3 is 0 Å². The molecular formula is C20H39N. The SMILES string of the molecule is CCCNC(CC1CCCCCC1)C1CCC(C)C(C)C1. The van der Waals surface area contributed by atoms with Crippen LogP contribution in [0.1, 0.15) is 91.4 Å². The normalized spacial score (nSPS) is 33.6. The van der Waals surface area contributed by atoms with E-state index in [1.54, 1.807) is 0 Å². The minimum absolute atomic E-state index is 0.808. The topological polar surface area (TPSA) is 12.0 Å². The zero-order valence-electron chi connectivity index (χ0n) is 14.9. The van der Waals surface area contributed by atoms with Gasteiger partial charge in [-0.2, -0.15) is 0 Å². The molecule has 2 fully saturated rings. The Balaban J connectivity index is 1.89. The molecule has 2 aliphatic carbocycles. The third kappa shape index (κ3) is 5.58. The van der Waals surface area contributed by atoms with E-state index in [9.17, 15) is 0 Å². The van der Waals surface area contributed by atoms with Gasteiger partial charge in [-0.1, -0.05) is 65.7 Å². The Bertz CT molecular complexity index is 267. The van der Waals surface area contributed by atoms with Gasteiger partial charge in [-0.3, -0.25) is 0 Å². The lowest BCUT2D eigenvalue weighted by Gasteiger charge is -2.38. The monoisotopic (exact) mass is 293 g/mol. The van der Waals surface area contributed by atoms with Crippen molar-refractivity contribution in [3.8, 4) is 0 Å². The van der Waals surface area contributed by atoms with Crippen LogP contribution in [0.5, 0.6) is 0 Å². The molecule has 0 heterocycles. The van der Waals surface area contributed by atoms with E-state index >= 15 is 0 Å². The highest BCUT2D eigenvalue weighted by molar-refractivity contribution is 4.85. The smallest absolute Gasteiger partial charge is 0.00980 e. The Labute approximate surface area is 133 Å². The second-order valence-electron chi connectivity index (χ2n) is 8.18. The Morgan fingerprint density at radius 1 is 0.905 bits per heavy atom. The lowest BCUT2D eigenvalue weighted by molar-refractivity contribution is 0.154. The molecule has 21 heavy (non-hydrogen) atoms. The third-order valence-corrected chi connectivity index (χ3v) is 6.43. The summed E-state index contributed by atoms with van der Waals surface area (Å²) < 4.78 is 0. The standard InChI is InChI=1S/C20H39N/c1-4-13-21-20(15-18-9-7-5-6-8-10-18)19-12-11-16(2)17(3)14-19/h16-21H,4-15H2,1-3H3. The van der Waals surface area contributed by atoms with Crippen LogP contribution in [0.3, 0.4) is 0 Å². The average molecular weight is 294 g/mol. The van der Waals surface area contributed by atoms with Crippen LogP contribution in [0.2, 0.25) is 0 Å². The first-order valence-corrected chi connectivity index (χ1v) is 9.94. The van der Waals surface area contributed by atoms with Crippen molar-refractivity contribution in [3.05, 3.63) is 0 Å². The molecule has 4 atom stereocenters. The summed E-state index contributed by atoms with van der Waals surface area (Å²) in [5.41, 5.74) is 0. The van der Waals surface area contributed by atoms with Crippen molar-refractivity contribution in [1.29, 1.82) is 0 Å². The molecule has 1 N–H and O–H groups in total. The van der Waals surface area contributed by atoms with Crippen molar-refractivity contribution in [2.75, 3.05) is 6.54 Å². The molecule has 124 valence electrons. The second-order valence-corrected chi connectivity index (χ2v) is 8.18. The summed E-state index contributed by atoms with van der Waals surface area (Å²) in [4.78, 5) is 0. The fraction of sp³-hybridized carbons (Fsp3) is 1.00. The molecule has 1 nitrogen and oxygen atoms in total. The third-order valence-electron chi connectivity index (χ3n) is 6.43. The van der Waals surface area contributed by atoms with Crippen LogP contribution >= 0.6 is 0 Å². The molecule has 0 aromatic heterocycles. The Kier molecular flexibility index (Phi) is 7.57. The Hall–Kier alpha value is -0.0400. The van der Waals surface area contributed by atoms with E-state index in [4.69, 9.17) is 0 Å². The predicted octanol–water partition coefficient (Wildman–Crippen LogP) is 5.79. The maximum atomic E-state index is 3.94. The molecule has 0 radical (unpaired) electrons. The number of rotatable bonds is 6. The minimum Gasteiger partial charge on any atom is -0.314 e. The molecule has 0 spiro atoms. The molecule has 0 aromatic carbocycles. The molecule has 2 saturated carbocycles. The van der Waals surface area contributed by atoms with Gasteiger partial charge in [0.05, 0.1) is 0 Å². The van der Waals surface area contributed by atoms with Crippen molar-refractivity contribution in [2.24, 2.45) is 23.7 Å². The largest absolute Gasteiger partial charge is 0.314 e. The maximum absolute atomic E-state index is 3.94. The van der Waals surface area contributed by atoms with E-state index in [2.05, 4.69) is 26.1 Å². The molecule has 0 bridgehead atoms. The van der Waals surface area contributed by atoms with Crippen LogP contribution in [0.25, 0.3) is 0 Å². The van der Waals surface area contributed by atoms with E-state index in [1.165, 1.54) is 77.2 Å². The van der Waals surface area contributed by atoms with Crippen LogP contribution < -0.4 is 5.32 Å². The summed E-state index contributed by atoms with van der Waals surface area (Å²) in [5.74, 6) is 3.84. The van der Waals surface area contributed by atoms with Crippen molar-refractivity contribution >= 4 is 0 Å². The van der Waals surface area contributed by atoms with Crippen molar-refractivity contribution in [2.45, 2.75) is 97.4 Å². The van der Waals surface area contributed by atoms with Gasteiger partial charge in [0.25, 0.3) is 0 Å². The minimum atomic E-state index is 0.808. The van der Waals surface area contributed by atoms with E-state index < -0.39 is 0 Å². The summed E-state index contributed by atoms with van der Waals surface area (Å²) in [6, 6.07) is 0.808. The first-order valence-electron chi connectivity index (χ1n) is 9.94. The van der Waals surface area contributed by atoms with Crippen molar-refractivity contribution < 1.29 is 0 Å². The fourth-order valence-electron chi connectivity index (χ4n) is 4.69. The van der Waals surface area contributed by atoms with Crippen LogP contribution in [0, 0.1) is 23.7 Å². The quantitative estimate of drug-likeness (QED) is 0.611. The van der Waals surface area contributed by atoms with Crippen LogP contribution in [-0.2, 0) is 0 Å². The lowest BCUT2D eigenvalue weighted by Crippen LogP contribution is -2.41. The predicted molar refractivity (Wildman–Crippen MR) is 93.6 cm³/mol. The molecule has 2 aliphatic rings. The first-order chi connectivity index (χ1) is 10.2. The zero-order valence-corrected chi connectivity index (χ0v) is 14.9. The molecule has 0 amide bonds. The lowest BCUT2D eigenvalue weighted by atomic mass is 9.71. The summed E-state index contributed by atoms with van der Waals surface area (Å²) in [7, 11) is 0. The summed E-state index contributed by atoms with van der Waals surface area (Å²) in [6.07, 6.45) is 16.1. The second kappa shape index (κ2) is 9.18. The highest BCUT2D eigenvalue weighted by Crippen LogP contribution is 2.37. The maximum Gasteiger partial charge on any atom is 0.00980 e. The molecule has 4 unspecified atom stereocenters. The highest BCUT2D eigenvalue weighted by Gasteiger charge is 2.31. The molecule has 1 heteroatoms. The van der Waals surface area contributed by atoms with Gasteiger partial charge in [0.1, 0.15) is 0 Å². The van der Waals surface area contributed by atoms with Gasteiger partial charge in [-0.05, 0) is 55.9 Å². The van der Waals surface area contributed by atoms with E-state index in [1.807, 2.05) is 0 Å². The summed E-state index contributed by atoms with van der Waals surface area (Å²) >= 11 is 0. The molecule has 0 saturated heterocycles. The van der Waals surface area contributed by atoms with Gasteiger partial charge in [-0.25, -0.2) is 0 Å². The molecular weight excluding hydrogens is 254 g/mol. The summed E-state index contributed by atoms with van der Waals surface area (Å²) in [5, 5.41) is 3.94.